The average molecular weight is 346 g/mol. The molecule has 7 heteroatoms. The molecule has 24 heavy (non-hydrogen) atoms. The molecule has 1 atom stereocenters. The van der Waals surface area contributed by atoms with Gasteiger partial charge in [0.15, 0.2) is 0 Å². The highest BCUT2D eigenvalue weighted by Gasteiger charge is 2.36. The Morgan fingerprint density at radius 1 is 1.12 bits per heavy atom. The monoisotopic (exact) mass is 346 g/mol. The first kappa shape index (κ1) is 16.5. The molecule has 0 aliphatic carbocycles. The van der Waals surface area contributed by atoms with E-state index >= 15 is 0 Å². The minimum atomic E-state index is -3.56. The quantitative estimate of drug-likeness (QED) is 0.829. The number of phenols is 1. The van der Waals surface area contributed by atoms with Crippen molar-refractivity contribution >= 4 is 21.6 Å². The Bertz CT molecular complexity index is 880. The van der Waals surface area contributed by atoms with Gasteiger partial charge in [0.1, 0.15) is 11.8 Å². The van der Waals surface area contributed by atoms with Crippen LogP contribution in [0.4, 0.5) is 5.69 Å². The van der Waals surface area contributed by atoms with Gasteiger partial charge in [0.25, 0.3) is 0 Å². The molecule has 6 nitrogen and oxygen atoms in total. The predicted octanol–water partition coefficient (Wildman–Crippen LogP) is 1.72. The van der Waals surface area contributed by atoms with Crippen LogP contribution < -0.4 is 5.32 Å². The summed E-state index contributed by atoms with van der Waals surface area (Å²) in [4.78, 5) is 12.7. The van der Waals surface area contributed by atoms with Crippen molar-refractivity contribution in [3.8, 4) is 5.75 Å². The van der Waals surface area contributed by atoms with E-state index in [0.717, 1.165) is 17.4 Å². The summed E-state index contributed by atoms with van der Waals surface area (Å²) >= 11 is 0. The number of benzene rings is 2. The van der Waals surface area contributed by atoms with Crippen molar-refractivity contribution in [2.45, 2.75) is 19.0 Å². The van der Waals surface area contributed by atoms with Crippen molar-refractivity contribution < 1.29 is 18.3 Å². The number of carbonyl (C=O) groups excluding carboxylic acids is 1. The summed E-state index contributed by atoms with van der Waals surface area (Å²) in [7, 11) is -3.56. The molecule has 0 bridgehead atoms. The molecule has 1 aliphatic rings. The Kier molecular flexibility index (Phi) is 4.29. The summed E-state index contributed by atoms with van der Waals surface area (Å²) in [6.07, 6.45) is 1.39. The van der Waals surface area contributed by atoms with Crippen LogP contribution in [0.2, 0.25) is 0 Å². The Morgan fingerprint density at radius 2 is 1.75 bits per heavy atom. The zero-order chi connectivity index (χ0) is 17.3. The first-order valence-corrected chi connectivity index (χ1v) is 9.33. The molecular formula is C17H18N2O4S. The molecule has 0 radical (unpaired) electrons. The number of rotatable bonds is 3. The number of hydrogen-bond donors (Lipinski definition) is 2. The average Bonchev–Trinajstić information content (AvgIpc) is 2.55. The molecule has 2 N–H and O–H groups in total. The molecule has 2 aromatic carbocycles. The van der Waals surface area contributed by atoms with Gasteiger partial charge in [0.2, 0.25) is 15.9 Å². The Labute approximate surface area is 140 Å². The van der Waals surface area contributed by atoms with Crippen LogP contribution in [0, 0.1) is 0 Å². The molecule has 2 aromatic rings. The van der Waals surface area contributed by atoms with Gasteiger partial charge >= 0.3 is 0 Å². The van der Waals surface area contributed by atoms with Crippen LogP contribution in [0.15, 0.2) is 48.5 Å². The van der Waals surface area contributed by atoms with Crippen LogP contribution in [-0.4, -0.2) is 36.0 Å². The third kappa shape index (κ3) is 3.27. The fraction of sp³-hybridized carbons (Fsp3) is 0.235. The summed E-state index contributed by atoms with van der Waals surface area (Å²) in [5.74, 6) is -0.524. The number of amides is 1. The van der Waals surface area contributed by atoms with E-state index in [2.05, 4.69) is 5.32 Å². The molecule has 0 aromatic heterocycles. The molecule has 0 saturated carbocycles. The summed E-state index contributed by atoms with van der Waals surface area (Å²) in [6, 6.07) is 13.0. The highest BCUT2D eigenvalue weighted by Crippen LogP contribution is 2.27. The number of sulfonamides is 1. The molecule has 126 valence electrons. The van der Waals surface area contributed by atoms with Gasteiger partial charge in [-0.1, -0.05) is 36.4 Å². The van der Waals surface area contributed by atoms with Crippen LogP contribution in [0.25, 0.3) is 0 Å². The van der Waals surface area contributed by atoms with E-state index in [1.165, 1.54) is 10.4 Å². The van der Waals surface area contributed by atoms with Gasteiger partial charge in [-0.05, 0) is 29.7 Å². The normalized spacial score (nSPS) is 18.0. The number of anilines is 1. The van der Waals surface area contributed by atoms with E-state index in [9.17, 15) is 18.3 Å². The number of hydrogen-bond acceptors (Lipinski definition) is 4. The van der Waals surface area contributed by atoms with Crippen molar-refractivity contribution in [1.82, 2.24) is 4.31 Å². The maximum atomic E-state index is 12.7. The molecule has 0 saturated heterocycles. The van der Waals surface area contributed by atoms with Crippen molar-refractivity contribution in [2.75, 3.05) is 11.6 Å². The molecule has 1 unspecified atom stereocenters. The zero-order valence-corrected chi connectivity index (χ0v) is 14.0. The number of nitrogens with zero attached hydrogens (tertiary/aromatic N) is 1. The number of carbonyl (C=O) groups is 1. The minimum Gasteiger partial charge on any atom is -0.506 e. The molecule has 3 rings (SSSR count). The summed E-state index contributed by atoms with van der Waals surface area (Å²) in [5, 5.41) is 12.4. The van der Waals surface area contributed by atoms with E-state index in [1.807, 2.05) is 24.3 Å². The second-order valence-corrected chi connectivity index (χ2v) is 7.74. The summed E-state index contributed by atoms with van der Waals surface area (Å²) in [6.45, 7) is 0.161. The molecule has 0 spiro atoms. The van der Waals surface area contributed by atoms with Crippen molar-refractivity contribution in [2.24, 2.45) is 0 Å². The number of nitrogens with one attached hydrogen (secondary N) is 1. The summed E-state index contributed by atoms with van der Waals surface area (Å²) in [5.41, 5.74) is 2.11. The second-order valence-electron chi connectivity index (χ2n) is 5.80. The molecule has 1 heterocycles. The minimum absolute atomic E-state index is 0.0621. The largest absolute Gasteiger partial charge is 0.506 e. The van der Waals surface area contributed by atoms with Gasteiger partial charge in [0.05, 0.1) is 11.9 Å². The van der Waals surface area contributed by atoms with Crippen LogP contribution in [-0.2, 0) is 27.8 Å². The van der Waals surface area contributed by atoms with E-state index in [1.54, 1.807) is 18.2 Å². The van der Waals surface area contributed by atoms with Gasteiger partial charge in [0, 0.05) is 6.54 Å². The fourth-order valence-corrected chi connectivity index (χ4v) is 3.87. The lowest BCUT2D eigenvalue weighted by Crippen LogP contribution is -2.50. The van der Waals surface area contributed by atoms with Crippen molar-refractivity contribution in [3.05, 3.63) is 59.7 Å². The lowest BCUT2D eigenvalue weighted by Gasteiger charge is -2.34. The summed E-state index contributed by atoms with van der Waals surface area (Å²) < 4.78 is 25.5. The third-order valence-electron chi connectivity index (χ3n) is 4.10. The standard InChI is InChI=1S/C17H18N2O4S/c1-24(22,23)19-11-13-7-3-2-6-12(13)10-15(19)17(21)18-14-8-4-5-9-16(14)20/h2-9,15,20H,10-11H2,1H3,(H,18,21). The molecule has 1 amide bonds. The van der Waals surface area contributed by atoms with Gasteiger partial charge in [-0.15, -0.1) is 0 Å². The molecular weight excluding hydrogens is 328 g/mol. The van der Waals surface area contributed by atoms with Crippen LogP contribution >= 0.6 is 0 Å². The first-order valence-electron chi connectivity index (χ1n) is 7.49. The number of aromatic hydroxyl groups is 1. The Balaban J connectivity index is 1.92. The predicted molar refractivity (Wildman–Crippen MR) is 91.1 cm³/mol. The van der Waals surface area contributed by atoms with Crippen LogP contribution in [0.3, 0.4) is 0 Å². The van der Waals surface area contributed by atoms with E-state index in [-0.39, 0.29) is 18.0 Å². The maximum Gasteiger partial charge on any atom is 0.243 e. The number of fused-ring (bicyclic) bond motifs is 1. The van der Waals surface area contributed by atoms with Crippen LogP contribution in [0.5, 0.6) is 5.75 Å². The van der Waals surface area contributed by atoms with Gasteiger partial charge in [-0.2, -0.15) is 4.31 Å². The smallest absolute Gasteiger partial charge is 0.243 e. The zero-order valence-electron chi connectivity index (χ0n) is 13.1. The van der Waals surface area contributed by atoms with Gasteiger partial charge < -0.3 is 10.4 Å². The topological polar surface area (TPSA) is 86.7 Å². The lowest BCUT2D eigenvalue weighted by molar-refractivity contribution is -0.120. The SMILES string of the molecule is CS(=O)(=O)N1Cc2ccccc2CC1C(=O)Nc1ccccc1O. The second kappa shape index (κ2) is 6.26. The Morgan fingerprint density at radius 3 is 2.42 bits per heavy atom. The van der Waals surface area contributed by atoms with Crippen molar-refractivity contribution in [1.29, 1.82) is 0 Å². The number of phenolic OH excluding ortho intramolecular Hbond substituents is 1. The van der Waals surface area contributed by atoms with Gasteiger partial charge in [-0.25, -0.2) is 8.42 Å². The highest BCUT2D eigenvalue weighted by molar-refractivity contribution is 7.88. The molecule has 0 fully saturated rings. The molecule has 1 aliphatic heterocycles. The van der Waals surface area contributed by atoms with Crippen molar-refractivity contribution in [3.63, 3.8) is 0 Å². The lowest BCUT2D eigenvalue weighted by atomic mass is 9.95. The van der Waals surface area contributed by atoms with E-state index in [4.69, 9.17) is 0 Å². The Hall–Kier alpha value is -2.38. The third-order valence-corrected chi connectivity index (χ3v) is 5.33. The first-order chi connectivity index (χ1) is 11.4. The van der Waals surface area contributed by atoms with Crippen LogP contribution in [0.1, 0.15) is 11.1 Å². The highest BCUT2D eigenvalue weighted by atomic mass is 32.2. The van der Waals surface area contributed by atoms with E-state index in [0.29, 0.717) is 6.42 Å². The fourth-order valence-electron chi connectivity index (χ4n) is 2.87. The number of para-hydroxylation sites is 2. The van der Waals surface area contributed by atoms with E-state index < -0.39 is 22.0 Å². The van der Waals surface area contributed by atoms with Gasteiger partial charge in [-0.3, -0.25) is 4.79 Å². The maximum absolute atomic E-state index is 12.7.